The van der Waals surface area contributed by atoms with Crippen LogP contribution in [0.15, 0.2) is 232 Å². The Morgan fingerprint density at radius 1 is 0.383 bits per heavy atom. The molecule has 6 aliphatic heterocycles. The molecule has 37 heteroatoms. The quantitative estimate of drug-likeness (QED) is 0.108. The van der Waals surface area contributed by atoms with Gasteiger partial charge in [-0.15, -0.1) is 0 Å². The predicted molar refractivity (Wildman–Crippen MR) is 573 cm³/mol. The van der Waals surface area contributed by atoms with Crippen LogP contribution >= 0.6 is 0 Å². The van der Waals surface area contributed by atoms with E-state index >= 15 is 0 Å². The number of piperazine rings is 3. The number of pyridine rings is 9. The first-order valence-corrected chi connectivity index (χ1v) is 51.3. The first-order valence-electron chi connectivity index (χ1n) is 51.3. The SMILES string of the molecule is CCc1nc(C)cn2nc(-c3cc(=O)n4cc(N5CCN6CCC[C@H]6C5)ccc4n3)cc12.Cc1cn2cc(-c3cc(=O)n4cc(C5(O)CCNCC5)ccc4n3)cc(F)c2n1.Cc1cn2cc(-c3cc(=O)n4cc(C5CCN(C)CC5)ccc4n3)cc(F)c2n1.Cc1cn2cc(-c3cc(=O)n4cc(N5CCN(C)CC5)ccc4n3)cc(C)c2n1.Cc1cn2cc(-c3cc(=O)n4cc(N5CCNC6(CC6)C5)ccc4n3)cc(C)c2n1. The molecule has 6 saturated heterocycles. The Labute approximate surface area is 854 Å². The number of nitrogens with one attached hydrogen (secondary N) is 2. The highest BCUT2D eigenvalue weighted by Gasteiger charge is 2.46. The van der Waals surface area contributed by atoms with Crippen molar-refractivity contribution in [1.29, 1.82) is 0 Å². The summed E-state index contributed by atoms with van der Waals surface area (Å²) in [5, 5.41) is 22.5. The van der Waals surface area contributed by atoms with Gasteiger partial charge in [-0.05, 0) is 255 Å². The lowest BCUT2D eigenvalue weighted by Crippen LogP contribution is -2.52. The molecule has 26 heterocycles. The second-order valence-corrected chi connectivity index (χ2v) is 41.1. The summed E-state index contributed by atoms with van der Waals surface area (Å²) < 4.78 is 45.9. The summed E-state index contributed by atoms with van der Waals surface area (Å²) in [5.74, 6) is -0.445. The maximum absolute atomic E-state index is 14.4. The number of aryl methyl sites for hydroxylation is 8. The van der Waals surface area contributed by atoms with Gasteiger partial charge in [0.25, 0.3) is 27.8 Å². The number of likely N-dealkylation sites (tertiary alicyclic amines) is 1. The zero-order valence-corrected chi connectivity index (χ0v) is 85.1. The highest BCUT2D eigenvalue weighted by atomic mass is 19.1. The second-order valence-electron chi connectivity index (χ2n) is 41.1. The van der Waals surface area contributed by atoms with Crippen LogP contribution in [-0.2, 0) is 12.0 Å². The van der Waals surface area contributed by atoms with Crippen LogP contribution in [0.25, 0.3) is 113 Å². The molecule has 7 fully saturated rings. The minimum absolute atomic E-state index is 0.0623. The molecule has 3 N–H and O–H groups in total. The largest absolute Gasteiger partial charge is 0.385 e. The normalized spacial score (nSPS) is 17.1. The number of hydrogen-bond donors (Lipinski definition) is 3. The first kappa shape index (κ1) is 96.6. The van der Waals surface area contributed by atoms with Gasteiger partial charge in [0.1, 0.15) is 45.2 Å². The van der Waals surface area contributed by atoms with E-state index in [-0.39, 0.29) is 39.1 Å². The number of aromatic nitrogens is 21. The highest BCUT2D eigenvalue weighted by molar-refractivity contribution is 5.72. The Morgan fingerprint density at radius 3 is 1.32 bits per heavy atom. The Balaban J connectivity index is 0.000000102. The Kier molecular flexibility index (Phi) is 25.4. The van der Waals surface area contributed by atoms with Crippen molar-refractivity contribution in [3.8, 4) is 56.4 Å². The summed E-state index contributed by atoms with van der Waals surface area (Å²) in [4.78, 5) is 124. The Morgan fingerprint density at radius 2 is 0.812 bits per heavy atom. The van der Waals surface area contributed by atoms with E-state index in [1.165, 1.54) is 66.5 Å². The van der Waals surface area contributed by atoms with Gasteiger partial charge < -0.3 is 57.8 Å². The Bertz CT molecular complexity index is 8810. The summed E-state index contributed by atoms with van der Waals surface area (Å²) in [6.45, 7) is 30.5. The molecule has 0 unspecified atom stereocenters. The third-order valence-corrected chi connectivity index (χ3v) is 30.2. The first-order chi connectivity index (χ1) is 72.0. The molecule has 149 heavy (non-hydrogen) atoms. The molecule has 1 spiro atoms. The van der Waals surface area contributed by atoms with E-state index in [4.69, 9.17) is 15.0 Å². The molecule has 1 saturated carbocycles. The standard InChI is InChI=1S/C24H27N7O.C23H24N6O.C22H22FN5O.C22H24N6O.C21H20FN5O2/c1-3-19-22-11-21(27-31(22)13-16(2)25-19)20-12-24(32)30-15-18(6-7-23(30)26-20)29-10-9-28-8-4-5-17(28)14-29;1-15-9-17(12-28-11-16(2)25-22(15)28)19-10-21(30)29-13-18(3-4-20(29)26-19)27-8-7-24-23(14-27)5-6-23;1-14-11-27-12-17(9-18(23)22(27)24-14)19-10-21(29)28-13-16(3-4-20(28)25-19)15-5-7-26(2)8-6-15;1-15-10-17(13-27-12-16(2)23-22(15)27)19-11-21(29)28-14-18(4-5-20(28)24-19)26-8-6-25(3)7-9-26;1-13-10-26-11-14(8-16(22)20(26)24-13)17-9-19(28)27-12-15(2-3-18(27)25-17)21(29)4-6-23-7-5-21/h6-7,11-13,15,17H,3-5,8-10,14H2,1-2H3;3-4,9-13,24H,5-8,14H2,1-2H3;3-4,9-13,15H,5-8H2,1-2H3;4-5,10-14H,6-9H2,1-3H3;2-3,8-12,23,29H,4-7H2,1H3/t17-;;;;/m0..../s1. The van der Waals surface area contributed by atoms with E-state index in [1.54, 1.807) is 94.6 Å². The van der Waals surface area contributed by atoms with Gasteiger partial charge in [-0.1, -0.05) is 19.1 Å². The summed E-state index contributed by atoms with van der Waals surface area (Å²) in [5.41, 5.74) is 23.8. The van der Waals surface area contributed by atoms with Crippen molar-refractivity contribution in [2.75, 3.05) is 127 Å². The minimum atomic E-state index is -0.953. The number of aliphatic hydroxyl groups is 1. The number of hydrogen-bond acceptors (Lipinski definition) is 25. The second kappa shape index (κ2) is 39.1. The van der Waals surface area contributed by atoms with Crippen LogP contribution in [-0.4, -0.2) is 243 Å². The number of nitrogens with zero attached hydrogens (tertiary/aromatic N) is 27. The lowest BCUT2D eigenvalue weighted by atomic mass is 9.86. The van der Waals surface area contributed by atoms with E-state index in [0.717, 1.165) is 195 Å². The molecule has 1 aliphatic carbocycles. The van der Waals surface area contributed by atoms with Crippen LogP contribution in [0.3, 0.4) is 0 Å². The molecule has 0 aromatic carbocycles. The zero-order valence-electron chi connectivity index (χ0n) is 85.1. The highest BCUT2D eigenvalue weighted by Crippen LogP contribution is 2.40. The zero-order chi connectivity index (χ0) is 103. The van der Waals surface area contributed by atoms with Crippen molar-refractivity contribution in [2.45, 2.75) is 136 Å². The van der Waals surface area contributed by atoms with Gasteiger partial charge in [0, 0.05) is 216 Å². The fourth-order valence-corrected chi connectivity index (χ4v) is 22.0. The molecule has 1 atom stereocenters. The number of halogens is 2. The van der Waals surface area contributed by atoms with Crippen LogP contribution in [0.1, 0.15) is 121 Å². The molecular formula is C112H117F2N29O6. The molecule has 0 bridgehead atoms. The number of imidazole rings is 4. The molecule has 27 rings (SSSR count). The average Bonchev–Trinajstić information content (AvgIpc) is 1.72. The van der Waals surface area contributed by atoms with Crippen LogP contribution in [0.5, 0.6) is 0 Å². The van der Waals surface area contributed by atoms with Gasteiger partial charge in [0.15, 0.2) is 22.9 Å². The fourth-order valence-electron chi connectivity index (χ4n) is 22.0. The maximum atomic E-state index is 14.4. The number of fused-ring (bicyclic) bond motifs is 11. The third-order valence-electron chi connectivity index (χ3n) is 30.2. The molecule has 7 aliphatic rings. The summed E-state index contributed by atoms with van der Waals surface area (Å²) in [6, 6.07) is 36.6. The molecule has 0 amide bonds. The summed E-state index contributed by atoms with van der Waals surface area (Å²) in [6.07, 6.45) is 35.4. The van der Waals surface area contributed by atoms with Gasteiger partial charge >= 0.3 is 0 Å². The number of likely N-dealkylation sites (N-methyl/N-ethyl adjacent to an activating group) is 1. The topological polar surface area (TPSA) is 335 Å². The number of rotatable bonds is 11. The van der Waals surface area contributed by atoms with Crippen molar-refractivity contribution in [1.82, 2.24) is 124 Å². The smallest absolute Gasteiger partial charge is 0.258 e. The van der Waals surface area contributed by atoms with E-state index < -0.39 is 17.2 Å². The van der Waals surface area contributed by atoms with E-state index in [2.05, 4.69) is 125 Å². The van der Waals surface area contributed by atoms with Crippen molar-refractivity contribution in [3.63, 3.8) is 0 Å². The average molecular weight is 2000 g/mol. The molecule has 20 aromatic rings. The Hall–Kier alpha value is -15.8. The van der Waals surface area contributed by atoms with Crippen molar-refractivity contribution < 1.29 is 13.9 Å². The lowest BCUT2D eigenvalue weighted by molar-refractivity contribution is 0.00555. The fraction of sp³-hybridized carbons (Fsp3) is 0.339. The minimum Gasteiger partial charge on any atom is -0.385 e. The molecule has 35 nitrogen and oxygen atoms in total. The van der Waals surface area contributed by atoms with Crippen molar-refractivity contribution in [3.05, 3.63) is 328 Å². The van der Waals surface area contributed by atoms with Gasteiger partial charge in [-0.25, -0.2) is 58.2 Å². The van der Waals surface area contributed by atoms with Crippen LogP contribution < -0.4 is 53.1 Å². The molecule has 0 radical (unpaired) electrons. The molecule has 760 valence electrons. The maximum Gasteiger partial charge on any atom is 0.258 e. The number of anilines is 3. The van der Waals surface area contributed by atoms with Gasteiger partial charge in [-0.3, -0.25) is 55.9 Å². The predicted octanol–water partition coefficient (Wildman–Crippen LogP) is 12.8. The van der Waals surface area contributed by atoms with Crippen LogP contribution in [0.2, 0.25) is 0 Å². The van der Waals surface area contributed by atoms with Gasteiger partial charge in [0.2, 0.25) is 0 Å². The van der Waals surface area contributed by atoms with Crippen molar-refractivity contribution >= 4 is 73.4 Å². The van der Waals surface area contributed by atoms with E-state index in [1.807, 2.05) is 153 Å². The number of piperidine rings is 2. The molecule has 20 aromatic heterocycles. The van der Waals surface area contributed by atoms with Crippen molar-refractivity contribution in [2.24, 2.45) is 0 Å². The summed E-state index contributed by atoms with van der Waals surface area (Å²) >= 11 is 0. The van der Waals surface area contributed by atoms with Gasteiger partial charge in [0.05, 0.1) is 97.0 Å². The van der Waals surface area contributed by atoms with E-state index in [0.29, 0.717) is 115 Å². The molecular weight excluding hydrogens is 1890 g/mol. The monoisotopic (exact) mass is 2000 g/mol. The van der Waals surface area contributed by atoms with Crippen LogP contribution in [0.4, 0.5) is 25.8 Å². The van der Waals surface area contributed by atoms with Crippen LogP contribution in [0, 0.1) is 60.1 Å². The summed E-state index contributed by atoms with van der Waals surface area (Å²) in [7, 11) is 4.27. The lowest BCUT2D eigenvalue weighted by Gasteiger charge is -2.38. The van der Waals surface area contributed by atoms with Gasteiger partial charge in [-0.2, -0.15) is 5.10 Å². The van der Waals surface area contributed by atoms with E-state index in [9.17, 15) is 37.9 Å². The third kappa shape index (κ3) is 19.5.